The van der Waals surface area contributed by atoms with Crippen molar-refractivity contribution in [1.29, 1.82) is 0 Å². The van der Waals surface area contributed by atoms with Gasteiger partial charge in [-0.05, 0) is 81.0 Å². The number of cyclic esters (lactones) is 1. The maximum absolute atomic E-state index is 13.1. The lowest BCUT2D eigenvalue weighted by Crippen LogP contribution is -2.47. The molecule has 0 aromatic carbocycles. The van der Waals surface area contributed by atoms with Crippen molar-refractivity contribution in [3.05, 3.63) is 23.8 Å². The standard InChI is InChI=1S/C31H52O5Si/c1-11-31(7,8)29(33)35-26-17-20(2)16-22-13-12-21(3)25(28(22)26)15-14-23-18-24(19-27(32)34-23)36-37(9,10)30(4,5)6/h12-13,16,20-21,23-26,28H,11,14-15,17-19H2,1-10H3/t20-,21-,23?,24-,25-,26-,28?/m0/s1. The van der Waals surface area contributed by atoms with Crippen LogP contribution >= 0.6 is 0 Å². The highest BCUT2D eigenvalue weighted by Crippen LogP contribution is 2.46. The van der Waals surface area contributed by atoms with E-state index in [0.717, 1.165) is 32.1 Å². The molecule has 3 rings (SSSR count). The average Bonchev–Trinajstić information content (AvgIpc) is 2.77. The minimum atomic E-state index is -1.96. The van der Waals surface area contributed by atoms with Gasteiger partial charge in [-0.3, -0.25) is 9.59 Å². The summed E-state index contributed by atoms with van der Waals surface area (Å²) in [5.41, 5.74) is 0.819. The fourth-order valence-electron chi connectivity index (χ4n) is 5.75. The number of carbonyl (C=O) groups excluding carboxylic acids is 2. The highest BCUT2D eigenvalue weighted by Gasteiger charge is 2.44. The van der Waals surface area contributed by atoms with Gasteiger partial charge in [-0.25, -0.2) is 0 Å². The van der Waals surface area contributed by atoms with E-state index in [1.807, 2.05) is 20.8 Å². The normalized spacial score (nSPS) is 32.9. The first-order chi connectivity index (χ1) is 17.0. The first-order valence-electron chi connectivity index (χ1n) is 14.5. The lowest BCUT2D eigenvalue weighted by molar-refractivity contribution is -0.165. The van der Waals surface area contributed by atoms with Gasteiger partial charge >= 0.3 is 11.9 Å². The summed E-state index contributed by atoms with van der Waals surface area (Å²) in [6.07, 6.45) is 11.1. The fourth-order valence-corrected chi connectivity index (χ4v) is 7.11. The minimum Gasteiger partial charge on any atom is -0.462 e. The molecule has 1 aliphatic heterocycles. The summed E-state index contributed by atoms with van der Waals surface area (Å²) in [7, 11) is -1.96. The van der Waals surface area contributed by atoms with Crippen LogP contribution in [-0.4, -0.2) is 38.6 Å². The third kappa shape index (κ3) is 7.17. The number of carbonyl (C=O) groups is 2. The van der Waals surface area contributed by atoms with E-state index in [1.54, 1.807) is 0 Å². The Morgan fingerprint density at radius 3 is 2.41 bits per heavy atom. The molecule has 7 atom stereocenters. The van der Waals surface area contributed by atoms with Gasteiger partial charge in [-0.2, -0.15) is 0 Å². The molecule has 0 amide bonds. The van der Waals surface area contributed by atoms with Crippen LogP contribution in [-0.2, 0) is 23.5 Å². The van der Waals surface area contributed by atoms with E-state index in [0.29, 0.717) is 24.2 Å². The second-order valence-corrected chi connectivity index (χ2v) is 18.9. The number of allylic oxidation sites excluding steroid dienone is 3. The largest absolute Gasteiger partial charge is 0.462 e. The Hall–Kier alpha value is -1.40. The highest BCUT2D eigenvalue weighted by molar-refractivity contribution is 6.74. The van der Waals surface area contributed by atoms with Crippen LogP contribution in [0.1, 0.15) is 93.9 Å². The van der Waals surface area contributed by atoms with E-state index in [2.05, 4.69) is 65.9 Å². The van der Waals surface area contributed by atoms with Gasteiger partial charge in [-0.1, -0.05) is 59.8 Å². The summed E-state index contributed by atoms with van der Waals surface area (Å²) in [5, 5.41) is 0.105. The number of hydrogen-bond donors (Lipinski definition) is 0. The van der Waals surface area contributed by atoms with Crippen LogP contribution in [0.25, 0.3) is 0 Å². The molecule has 210 valence electrons. The predicted molar refractivity (Wildman–Crippen MR) is 152 cm³/mol. The lowest BCUT2D eigenvalue weighted by atomic mass is 9.65. The van der Waals surface area contributed by atoms with Crippen molar-refractivity contribution in [3.8, 4) is 0 Å². The van der Waals surface area contributed by atoms with Crippen molar-refractivity contribution < 1.29 is 23.5 Å². The zero-order valence-corrected chi connectivity index (χ0v) is 26.1. The molecule has 6 heteroatoms. The first-order valence-corrected chi connectivity index (χ1v) is 17.4. The zero-order chi connectivity index (χ0) is 27.8. The summed E-state index contributed by atoms with van der Waals surface area (Å²) in [6, 6.07) is 0. The summed E-state index contributed by atoms with van der Waals surface area (Å²) >= 11 is 0. The summed E-state index contributed by atoms with van der Waals surface area (Å²) in [4.78, 5) is 25.6. The van der Waals surface area contributed by atoms with Crippen LogP contribution in [0.15, 0.2) is 23.8 Å². The topological polar surface area (TPSA) is 61.8 Å². The number of esters is 2. The predicted octanol–water partition coefficient (Wildman–Crippen LogP) is 7.62. The van der Waals surface area contributed by atoms with Gasteiger partial charge in [0.25, 0.3) is 0 Å². The SMILES string of the molecule is CCC(C)(C)C(=O)O[C@H]1C[C@@H](C)C=C2C=C[C@H](C)[C@H](CCC3C[C@H](O[Si](C)(C)C(C)(C)C)CC(=O)O3)C21. The van der Waals surface area contributed by atoms with Gasteiger partial charge in [0.05, 0.1) is 17.9 Å². The number of ether oxygens (including phenoxy) is 2. The molecule has 0 aromatic rings. The van der Waals surface area contributed by atoms with Crippen molar-refractivity contribution in [2.75, 3.05) is 0 Å². The van der Waals surface area contributed by atoms with Crippen molar-refractivity contribution >= 4 is 20.3 Å². The third-order valence-corrected chi connectivity index (χ3v) is 14.1. The Labute approximate surface area is 226 Å². The zero-order valence-electron chi connectivity index (χ0n) is 25.1. The Morgan fingerprint density at radius 1 is 1.11 bits per heavy atom. The molecule has 5 nitrogen and oxygen atoms in total. The van der Waals surface area contributed by atoms with Crippen LogP contribution in [0.2, 0.25) is 18.1 Å². The fraction of sp³-hybridized carbons (Fsp3) is 0.806. The van der Waals surface area contributed by atoms with Gasteiger partial charge in [0.15, 0.2) is 8.32 Å². The number of hydrogen-bond acceptors (Lipinski definition) is 5. The molecule has 1 saturated heterocycles. The Morgan fingerprint density at radius 2 is 1.78 bits per heavy atom. The maximum atomic E-state index is 13.1. The van der Waals surface area contributed by atoms with Crippen LogP contribution in [0.3, 0.4) is 0 Å². The monoisotopic (exact) mass is 532 g/mol. The van der Waals surface area contributed by atoms with Gasteiger partial charge in [0, 0.05) is 12.3 Å². The Bertz CT molecular complexity index is 896. The highest BCUT2D eigenvalue weighted by atomic mass is 28.4. The molecule has 1 fully saturated rings. The Kier molecular flexibility index (Phi) is 9.27. The summed E-state index contributed by atoms with van der Waals surface area (Å²) in [6.45, 7) is 21.6. The van der Waals surface area contributed by atoms with E-state index in [1.165, 1.54) is 5.57 Å². The second kappa shape index (κ2) is 11.4. The molecule has 0 radical (unpaired) electrons. The number of fused-ring (bicyclic) bond motifs is 1. The van der Waals surface area contributed by atoms with Crippen LogP contribution in [0.5, 0.6) is 0 Å². The molecule has 1 heterocycles. The smallest absolute Gasteiger partial charge is 0.311 e. The molecule has 0 N–H and O–H groups in total. The van der Waals surface area contributed by atoms with Crippen molar-refractivity contribution in [3.63, 3.8) is 0 Å². The van der Waals surface area contributed by atoms with Gasteiger partial charge in [0.1, 0.15) is 12.2 Å². The molecule has 37 heavy (non-hydrogen) atoms. The molecule has 2 aliphatic carbocycles. The first kappa shape index (κ1) is 30.1. The average molecular weight is 533 g/mol. The van der Waals surface area contributed by atoms with E-state index in [-0.39, 0.29) is 41.2 Å². The Balaban J connectivity index is 1.73. The molecule has 3 aliphatic rings. The maximum Gasteiger partial charge on any atom is 0.311 e. The molecular formula is C31H52O5Si. The van der Waals surface area contributed by atoms with E-state index < -0.39 is 13.7 Å². The van der Waals surface area contributed by atoms with E-state index in [9.17, 15) is 9.59 Å². The quantitative estimate of drug-likeness (QED) is 0.238. The number of rotatable bonds is 8. The molecule has 0 saturated carbocycles. The van der Waals surface area contributed by atoms with Gasteiger partial charge in [0.2, 0.25) is 0 Å². The van der Waals surface area contributed by atoms with Crippen molar-refractivity contribution in [2.24, 2.45) is 29.1 Å². The third-order valence-electron chi connectivity index (χ3n) is 9.60. The summed E-state index contributed by atoms with van der Waals surface area (Å²) in [5.74, 6) is 1.03. The molecule has 0 spiro atoms. The lowest BCUT2D eigenvalue weighted by Gasteiger charge is -2.44. The van der Waals surface area contributed by atoms with Gasteiger partial charge in [-0.15, -0.1) is 0 Å². The van der Waals surface area contributed by atoms with Crippen molar-refractivity contribution in [1.82, 2.24) is 0 Å². The molecule has 0 aromatic heterocycles. The van der Waals surface area contributed by atoms with E-state index >= 15 is 0 Å². The molecule has 0 bridgehead atoms. The minimum absolute atomic E-state index is 0.0632. The second-order valence-electron chi connectivity index (χ2n) is 14.1. The van der Waals surface area contributed by atoms with Gasteiger partial charge < -0.3 is 13.9 Å². The van der Waals surface area contributed by atoms with Crippen LogP contribution < -0.4 is 0 Å². The molecule has 2 unspecified atom stereocenters. The summed E-state index contributed by atoms with van der Waals surface area (Å²) < 4.78 is 18.7. The van der Waals surface area contributed by atoms with Crippen LogP contribution in [0, 0.1) is 29.1 Å². The molecular weight excluding hydrogens is 480 g/mol. The van der Waals surface area contributed by atoms with E-state index in [4.69, 9.17) is 13.9 Å². The van der Waals surface area contributed by atoms with Crippen molar-refractivity contribution in [2.45, 2.75) is 130 Å². The van der Waals surface area contributed by atoms with Crippen LogP contribution in [0.4, 0.5) is 0 Å².